The predicted octanol–water partition coefficient (Wildman–Crippen LogP) is 3.70. The maximum absolute atomic E-state index is 12.0. The van der Waals surface area contributed by atoms with E-state index in [9.17, 15) is 4.79 Å². The zero-order valence-corrected chi connectivity index (χ0v) is 13.0. The Labute approximate surface area is 138 Å². The number of carbonyl (C=O) groups is 1. The second kappa shape index (κ2) is 7.07. The molecule has 2 heterocycles. The molecule has 0 spiro atoms. The van der Waals surface area contributed by atoms with Gasteiger partial charge >= 0.3 is 0 Å². The van der Waals surface area contributed by atoms with Gasteiger partial charge in [-0.15, -0.1) is 0 Å². The van der Waals surface area contributed by atoms with Crippen molar-refractivity contribution in [3.8, 4) is 11.3 Å². The molecular formula is C17H15ClN4O. The minimum atomic E-state index is -0.0874. The molecule has 0 bridgehead atoms. The van der Waals surface area contributed by atoms with E-state index >= 15 is 0 Å². The van der Waals surface area contributed by atoms with Gasteiger partial charge in [0.05, 0.1) is 5.69 Å². The van der Waals surface area contributed by atoms with E-state index in [1.54, 1.807) is 18.6 Å². The average Bonchev–Trinajstić information content (AvgIpc) is 3.04. The number of hydrogen-bond donors (Lipinski definition) is 2. The minimum absolute atomic E-state index is 0.0874. The Morgan fingerprint density at radius 1 is 1.13 bits per heavy atom. The van der Waals surface area contributed by atoms with Crippen molar-refractivity contribution in [2.75, 3.05) is 5.32 Å². The molecule has 3 rings (SSSR count). The number of imidazole rings is 1. The molecule has 6 heteroatoms. The van der Waals surface area contributed by atoms with Gasteiger partial charge in [-0.3, -0.25) is 15.1 Å². The Hall–Kier alpha value is -2.66. The molecule has 0 atom stereocenters. The Balaban J connectivity index is 1.56. The van der Waals surface area contributed by atoms with Crippen LogP contribution in [0, 0.1) is 0 Å². The van der Waals surface area contributed by atoms with Gasteiger partial charge in [0, 0.05) is 35.6 Å². The summed E-state index contributed by atoms with van der Waals surface area (Å²) >= 11 is 5.84. The Morgan fingerprint density at radius 2 is 1.87 bits per heavy atom. The van der Waals surface area contributed by atoms with Gasteiger partial charge in [-0.05, 0) is 36.2 Å². The quantitative estimate of drug-likeness (QED) is 0.751. The van der Waals surface area contributed by atoms with Gasteiger partial charge in [0.2, 0.25) is 11.9 Å². The standard InChI is InChI=1S/C17H15ClN4O/c18-14-4-1-12(2-5-14)3-6-16(23)22-17-20-11-15(21-17)13-7-9-19-10-8-13/h1-2,4-5,7-11H,3,6H2,(H2,20,21,22,23). The molecule has 0 fully saturated rings. The highest BCUT2D eigenvalue weighted by Crippen LogP contribution is 2.17. The molecule has 0 radical (unpaired) electrons. The SMILES string of the molecule is O=C(CCc1ccc(Cl)cc1)Nc1nc(-c2ccncc2)c[nH]1. The van der Waals surface area contributed by atoms with E-state index in [1.165, 1.54) is 0 Å². The van der Waals surface area contributed by atoms with Crippen LogP contribution in [0.5, 0.6) is 0 Å². The summed E-state index contributed by atoms with van der Waals surface area (Å²) in [7, 11) is 0. The third kappa shape index (κ3) is 4.17. The second-order valence-electron chi connectivity index (χ2n) is 5.04. The van der Waals surface area contributed by atoms with Crippen LogP contribution in [0.1, 0.15) is 12.0 Å². The van der Waals surface area contributed by atoms with Gasteiger partial charge in [0.1, 0.15) is 0 Å². The molecule has 0 aliphatic carbocycles. The van der Waals surface area contributed by atoms with E-state index in [1.807, 2.05) is 36.4 Å². The van der Waals surface area contributed by atoms with E-state index in [0.717, 1.165) is 16.8 Å². The lowest BCUT2D eigenvalue weighted by Crippen LogP contribution is -2.13. The van der Waals surface area contributed by atoms with Gasteiger partial charge in [-0.1, -0.05) is 23.7 Å². The van der Waals surface area contributed by atoms with Crippen molar-refractivity contribution in [1.82, 2.24) is 15.0 Å². The molecule has 0 aliphatic heterocycles. The molecule has 3 aromatic rings. The fourth-order valence-electron chi connectivity index (χ4n) is 2.16. The number of halogens is 1. The van der Waals surface area contributed by atoms with Crippen molar-refractivity contribution < 1.29 is 4.79 Å². The lowest BCUT2D eigenvalue weighted by molar-refractivity contribution is -0.116. The molecule has 1 amide bonds. The molecular weight excluding hydrogens is 312 g/mol. The number of aryl methyl sites for hydroxylation is 1. The first kappa shape index (κ1) is 15.2. The first-order valence-corrected chi connectivity index (χ1v) is 7.58. The number of benzene rings is 1. The van der Waals surface area contributed by atoms with E-state index in [-0.39, 0.29) is 5.91 Å². The lowest BCUT2D eigenvalue weighted by atomic mass is 10.1. The predicted molar refractivity (Wildman–Crippen MR) is 90.2 cm³/mol. The van der Waals surface area contributed by atoms with Crippen molar-refractivity contribution in [2.24, 2.45) is 0 Å². The number of H-pyrrole nitrogens is 1. The first-order chi connectivity index (χ1) is 11.2. The molecule has 0 aliphatic rings. The largest absolute Gasteiger partial charge is 0.330 e. The molecule has 2 aromatic heterocycles. The maximum atomic E-state index is 12.0. The molecule has 23 heavy (non-hydrogen) atoms. The number of nitrogens with one attached hydrogen (secondary N) is 2. The van der Waals surface area contributed by atoms with E-state index < -0.39 is 0 Å². The van der Waals surface area contributed by atoms with Crippen LogP contribution in [0.25, 0.3) is 11.3 Å². The van der Waals surface area contributed by atoms with E-state index in [0.29, 0.717) is 23.8 Å². The summed E-state index contributed by atoms with van der Waals surface area (Å²) in [6.07, 6.45) is 6.20. The Kier molecular flexibility index (Phi) is 4.68. The van der Waals surface area contributed by atoms with Crippen LogP contribution in [-0.4, -0.2) is 20.9 Å². The number of carbonyl (C=O) groups excluding carboxylic acids is 1. The third-order valence-corrected chi connectivity index (χ3v) is 3.62. The topological polar surface area (TPSA) is 70.7 Å². The van der Waals surface area contributed by atoms with Gasteiger partial charge in [-0.2, -0.15) is 0 Å². The summed E-state index contributed by atoms with van der Waals surface area (Å²) in [6, 6.07) is 11.2. The zero-order valence-electron chi connectivity index (χ0n) is 12.3. The number of aromatic amines is 1. The van der Waals surface area contributed by atoms with Gasteiger partial charge in [0.15, 0.2) is 0 Å². The zero-order chi connectivity index (χ0) is 16.1. The fraction of sp³-hybridized carbons (Fsp3) is 0.118. The lowest BCUT2D eigenvalue weighted by Gasteiger charge is -2.02. The minimum Gasteiger partial charge on any atom is -0.330 e. The smallest absolute Gasteiger partial charge is 0.227 e. The molecule has 5 nitrogen and oxygen atoms in total. The molecule has 1 aromatic carbocycles. The van der Waals surface area contributed by atoms with Crippen LogP contribution in [0.3, 0.4) is 0 Å². The highest BCUT2D eigenvalue weighted by atomic mass is 35.5. The normalized spacial score (nSPS) is 10.5. The van der Waals surface area contributed by atoms with Crippen molar-refractivity contribution in [1.29, 1.82) is 0 Å². The second-order valence-corrected chi connectivity index (χ2v) is 5.48. The van der Waals surface area contributed by atoms with Crippen molar-refractivity contribution in [2.45, 2.75) is 12.8 Å². The van der Waals surface area contributed by atoms with Crippen molar-refractivity contribution in [3.05, 3.63) is 65.6 Å². The molecule has 0 unspecified atom stereocenters. The highest BCUT2D eigenvalue weighted by molar-refractivity contribution is 6.30. The summed E-state index contributed by atoms with van der Waals surface area (Å²) in [5.74, 6) is 0.355. The number of amides is 1. The number of anilines is 1. The number of aromatic nitrogens is 3. The van der Waals surface area contributed by atoms with Crippen molar-refractivity contribution in [3.63, 3.8) is 0 Å². The summed E-state index contributed by atoms with van der Waals surface area (Å²) in [5.41, 5.74) is 2.78. The van der Waals surface area contributed by atoms with Crippen LogP contribution < -0.4 is 5.32 Å². The fourth-order valence-corrected chi connectivity index (χ4v) is 2.29. The molecule has 0 saturated carbocycles. The molecule has 0 saturated heterocycles. The van der Waals surface area contributed by atoms with E-state index in [2.05, 4.69) is 20.3 Å². The number of pyridine rings is 1. The number of nitrogens with zero attached hydrogens (tertiary/aromatic N) is 2. The van der Waals surface area contributed by atoms with Gasteiger partial charge in [0.25, 0.3) is 0 Å². The summed E-state index contributed by atoms with van der Waals surface area (Å²) in [6.45, 7) is 0. The highest BCUT2D eigenvalue weighted by Gasteiger charge is 2.07. The van der Waals surface area contributed by atoms with Gasteiger partial charge < -0.3 is 4.98 Å². The van der Waals surface area contributed by atoms with Crippen LogP contribution in [0.15, 0.2) is 55.0 Å². The summed E-state index contributed by atoms with van der Waals surface area (Å²) in [5, 5.41) is 3.46. The van der Waals surface area contributed by atoms with E-state index in [4.69, 9.17) is 11.6 Å². The summed E-state index contributed by atoms with van der Waals surface area (Å²) in [4.78, 5) is 23.3. The third-order valence-electron chi connectivity index (χ3n) is 3.37. The number of hydrogen-bond acceptors (Lipinski definition) is 3. The molecule has 2 N–H and O–H groups in total. The maximum Gasteiger partial charge on any atom is 0.227 e. The van der Waals surface area contributed by atoms with Gasteiger partial charge in [-0.25, -0.2) is 4.98 Å². The monoisotopic (exact) mass is 326 g/mol. The average molecular weight is 327 g/mol. The Bertz CT molecular complexity index is 784. The van der Waals surface area contributed by atoms with Crippen LogP contribution >= 0.6 is 11.6 Å². The number of rotatable bonds is 5. The molecule has 116 valence electrons. The van der Waals surface area contributed by atoms with Crippen LogP contribution in [-0.2, 0) is 11.2 Å². The first-order valence-electron chi connectivity index (χ1n) is 7.21. The van der Waals surface area contributed by atoms with Crippen LogP contribution in [0.4, 0.5) is 5.95 Å². The van der Waals surface area contributed by atoms with Crippen molar-refractivity contribution >= 4 is 23.5 Å². The summed E-state index contributed by atoms with van der Waals surface area (Å²) < 4.78 is 0. The Morgan fingerprint density at radius 3 is 2.61 bits per heavy atom. The van der Waals surface area contributed by atoms with Crippen LogP contribution in [0.2, 0.25) is 5.02 Å².